The topological polar surface area (TPSA) is 136 Å². The molecular weight excluding hydrogens is 496 g/mol. The van der Waals surface area contributed by atoms with E-state index in [2.05, 4.69) is 0 Å². The molecule has 38 heavy (non-hydrogen) atoms. The molecule has 10 nitrogen and oxygen atoms in total. The van der Waals surface area contributed by atoms with Gasteiger partial charge in [-0.25, -0.2) is 0 Å². The molecule has 4 N–H and O–H groups in total. The minimum Gasteiger partial charge on any atom is -0.493 e. The van der Waals surface area contributed by atoms with Crippen LogP contribution in [0.15, 0.2) is 36.4 Å². The Kier molecular flexibility index (Phi) is 7.99. The number of hydrogen-bond donors (Lipinski definition) is 4. The molecule has 2 aliphatic heterocycles. The average molecular weight is 533 g/mol. The molecule has 0 spiro atoms. The van der Waals surface area contributed by atoms with Gasteiger partial charge in [0.15, 0.2) is 23.0 Å². The van der Waals surface area contributed by atoms with E-state index in [1.54, 1.807) is 20.3 Å². The predicted octanol–water partition coefficient (Wildman–Crippen LogP) is 1.63. The highest BCUT2D eigenvalue weighted by Gasteiger charge is 2.48. The molecule has 0 amide bonds. The molecule has 208 valence electrons. The van der Waals surface area contributed by atoms with Crippen LogP contribution in [0, 0.1) is 17.8 Å². The van der Waals surface area contributed by atoms with Crippen LogP contribution in [0.5, 0.6) is 23.0 Å². The molecule has 1 aliphatic carbocycles. The first-order chi connectivity index (χ1) is 18.4. The lowest BCUT2D eigenvalue weighted by Crippen LogP contribution is -2.56. The summed E-state index contributed by atoms with van der Waals surface area (Å²) in [6.45, 7) is 0.771. The third-order valence-electron chi connectivity index (χ3n) is 8.13. The van der Waals surface area contributed by atoms with Gasteiger partial charge in [0.2, 0.25) is 0 Å². The second kappa shape index (κ2) is 11.3. The summed E-state index contributed by atoms with van der Waals surface area (Å²) in [5.74, 6) is 1.88. The number of fused-ring (bicyclic) bond motifs is 1. The number of methoxy groups -OCH3 is 3. The maximum absolute atomic E-state index is 10.5. The molecule has 5 rings (SSSR count). The van der Waals surface area contributed by atoms with Gasteiger partial charge in [-0.05, 0) is 41.8 Å². The van der Waals surface area contributed by atoms with E-state index in [9.17, 15) is 20.4 Å². The molecule has 2 heterocycles. The first-order valence-electron chi connectivity index (χ1n) is 12.8. The summed E-state index contributed by atoms with van der Waals surface area (Å²) >= 11 is 0. The molecule has 9 atom stereocenters. The van der Waals surface area contributed by atoms with E-state index in [1.165, 1.54) is 7.11 Å². The predicted molar refractivity (Wildman–Crippen MR) is 135 cm³/mol. The molecule has 2 aromatic rings. The number of benzene rings is 2. The molecule has 10 heteroatoms. The summed E-state index contributed by atoms with van der Waals surface area (Å²) in [6.07, 6.45) is -4.88. The second-order valence-corrected chi connectivity index (χ2v) is 10.2. The fourth-order valence-corrected chi connectivity index (χ4v) is 5.96. The van der Waals surface area contributed by atoms with Crippen molar-refractivity contribution in [3.63, 3.8) is 0 Å². The molecule has 2 aromatic carbocycles. The van der Waals surface area contributed by atoms with Gasteiger partial charge in [0.05, 0.1) is 52.9 Å². The van der Waals surface area contributed by atoms with E-state index < -0.39 is 30.3 Å². The van der Waals surface area contributed by atoms with Crippen LogP contribution >= 0.6 is 0 Å². The van der Waals surface area contributed by atoms with Crippen LogP contribution in [0.25, 0.3) is 0 Å². The van der Waals surface area contributed by atoms with Crippen molar-refractivity contribution in [3.8, 4) is 23.0 Å². The molecular formula is C28H36O10. The number of hydrogen-bond acceptors (Lipinski definition) is 10. The van der Waals surface area contributed by atoms with Crippen molar-refractivity contribution in [2.24, 2.45) is 17.8 Å². The Morgan fingerprint density at radius 3 is 1.76 bits per heavy atom. The highest BCUT2D eigenvalue weighted by molar-refractivity contribution is 5.45. The SMILES string of the molecule is COc1ccc([C@H]2OCC3C2CO[C@H]3c2ccc(O[C@@H]3CC(CO)[C@@H](O)[C@H](O)C3O)c(OC)c2)cc1OC. The van der Waals surface area contributed by atoms with Crippen molar-refractivity contribution in [3.05, 3.63) is 47.5 Å². The van der Waals surface area contributed by atoms with E-state index in [4.69, 9.17) is 28.4 Å². The van der Waals surface area contributed by atoms with Crippen LogP contribution in [0.4, 0.5) is 0 Å². The largest absolute Gasteiger partial charge is 0.493 e. The Hall–Kier alpha value is -2.60. The average Bonchev–Trinajstić information content (AvgIpc) is 3.55. The quantitative estimate of drug-likeness (QED) is 0.397. The van der Waals surface area contributed by atoms with Gasteiger partial charge in [-0.2, -0.15) is 0 Å². The van der Waals surface area contributed by atoms with Crippen LogP contribution in [-0.2, 0) is 9.47 Å². The second-order valence-electron chi connectivity index (χ2n) is 10.2. The summed E-state index contributed by atoms with van der Waals surface area (Å²) in [5, 5.41) is 40.3. The van der Waals surface area contributed by atoms with Crippen molar-refractivity contribution < 1.29 is 48.8 Å². The smallest absolute Gasteiger partial charge is 0.161 e. The summed E-state index contributed by atoms with van der Waals surface area (Å²) in [5.41, 5.74) is 1.94. The number of aliphatic hydroxyl groups excluding tert-OH is 4. The zero-order valence-electron chi connectivity index (χ0n) is 21.7. The lowest BCUT2D eigenvalue weighted by atomic mass is 9.81. The number of rotatable bonds is 8. The van der Waals surface area contributed by atoms with Crippen LogP contribution in [0.2, 0.25) is 0 Å². The lowest BCUT2D eigenvalue weighted by molar-refractivity contribution is -0.157. The van der Waals surface area contributed by atoms with Crippen molar-refractivity contribution in [2.45, 2.75) is 43.0 Å². The molecule has 3 fully saturated rings. The number of aliphatic hydroxyl groups is 4. The first-order valence-corrected chi connectivity index (χ1v) is 12.8. The van der Waals surface area contributed by atoms with Crippen LogP contribution in [-0.4, -0.2) is 86.0 Å². The van der Waals surface area contributed by atoms with E-state index >= 15 is 0 Å². The summed E-state index contributed by atoms with van der Waals surface area (Å²) in [7, 11) is 4.75. The van der Waals surface area contributed by atoms with Gasteiger partial charge in [0.25, 0.3) is 0 Å². The Morgan fingerprint density at radius 1 is 0.711 bits per heavy atom. The molecule has 1 saturated carbocycles. The van der Waals surface area contributed by atoms with Crippen molar-refractivity contribution in [1.29, 1.82) is 0 Å². The highest BCUT2D eigenvalue weighted by Crippen LogP contribution is 2.51. The highest BCUT2D eigenvalue weighted by atomic mass is 16.5. The van der Waals surface area contributed by atoms with Crippen molar-refractivity contribution in [2.75, 3.05) is 41.2 Å². The maximum atomic E-state index is 10.5. The Morgan fingerprint density at radius 2 is 1.24 bits per heavy atom. The van der Waals surface area contributed by atoms with Crippen molar-refractivity contribution in [1.82, 2.24) is 0 Å². The van der Waals surface area contributed by atoms with Gasteiger partial charge in [0, 0.05) is 24.4 Å². The maximum Gasteiger partial charge on any atom is 0.161 e. The fourth-order valence-electron chi connectivity index (χ4n) is 5.96. The van der Waals surface area contributed by atoms with Gasteiger partial charge in [-0.3, -0.25) is 0 Å². The molecule has 0 aromatic heterocycles. The van der Waals surface area contributed by atoms with Gasteiger partial charge in [-0.1, -0.05) is 12.1 Å². The van der Waals surface area contributed by atoms with Crippen LogP contribution < -0.4 is 18.9 Å². The van der Waals surface area contributed by atoms with Crippen LogP contribution in [0.3, 0.4) is 0 Å². The molecule has 4 unspecified atom stereocenters. The third-order valence-corrected chi connectivity index (χ3v) is 8.13. The number of ether oxygens (including phenoxy) is 6. The monoisotopic (exact) mass is 532 g/mol. The summed E-state index contributed by atoms with van der Waals surface area (Å²) < 4.78 is 34.9. The third kappa shape index (κ3) is 4.81. The van der Waals surface area contributed by atoms with E-state index in [-0.39, 0.29) is 37.1 Å². The van der Waals surface area contributed by atoms with Gasteiger partial charge in [0.1, 0.15) is 18.3 Å². The van der Waals surface area contributed by atoms with E-state index in [0.29, 0.717) is 36.2 Å². The molecule has 3 aliphatic rings. The molecule has 2 saturated heterocycles. The van der Waals surface area contributed by atoms with Gasteiger partial charge in [-0.15, -0.1) is 0 Å². The summed E-state index contributed by atoms with van der Waals surface area (Å²) in [4.78, 5) is 0. The first kappa shape index (κ1) is 27.0. The normalized spacial score (nSPS) is 34.6. The van der Waals surface area contributed by atoms with Crippen molar-refractivity contribution >= 4 is 0 Å². The Labute approximate surface area is 221 Å². The minimum atomic E-state index is -1.42. The Balaban J connectivity index is 1.31. The van der Waals surface area contributed by atoms with E-state index in [1.807, 2.05) is 30.3 Å². The van der Waals surface area contributed by atoms with Gasteiger partial charge >= 0.3 is 0 Å². The summed E-state index contributed by atoms with van der Waals surface area (Å²) in [6, 6.07) is 11.3. The lowest BCUT2D eigenvalue weighted by Gasteiger charge is -2.39. The minimum absolute atomic E-state index is 0.122. The zero-order valence-corrected chi connectivity index (χ0v) is 21.7. The van der Waals surface area contributed by atoms with E-state index in [0.717, 1.165) is 11.1 Å². The Bertz CT molecular complexity index is 1110. The fraction of sp³-hybridized carbons (Fsp3) is 0.571. The zero-order chi connectivity index (χ0) is 27.0. The standard InChI is InChI=1S/C28H36O10/c1-33-19-6-4-14(8-21(19)34-2)27-17-12-37-28(18(17)13-36-27)15-5-7-20(22(9-15)35-3)38-23-10-16(11-29)24(30)26(32)25(23)31/h4-9,16-18,23-32H,10-13H2,1-3H3/t16?,17?,18?,23-,24-,25?,26+,27-,28+/m1/s1. The molecule has 0 bridgehead atoms. The van der Waals surface area contributed by atoms with Gasteiger partial charge < -0.3 is 48.8 Å². The van der Waals surface area contributed by atoms with Crippen LogP contribution in [0.1, 0.15) is 29.8 Å². The molecule has 0 radical (unpaired) electrons.